The first-order valence-corrected chi connectivity index (χ1v) is 7.22. The predicted octanol–water partition coefficient (Wildman–Crippen LogP) is 2.42. The van der Waals surface area contributed by atoms with Gasteiger partial charge in [0.25, 0.3) is 0 Å². The molecule has 0 unspecified atom stereocenters. The molecule has 0 saturated carbocycles. The van der Waals surface area contributed by atoms with Crippen LogP contribution in [0.4, 0.5) is 0 Å². The molecule has 5 heteroatoms. The van der Waals surface area contributed by atoms with Crippen molar-refractivity contribution >= 4 is 5.78 Å². The lowest BCUT2D eigenvalue weighted by Crippen LogP contribution is -2.14. The third-order valence-corrected chi connectivity index (χ3v) is 3.40. The Labute approximate surface area is 119 Å². The molecule has 0 aromatic carbocycles. The van der Waals surface area contributed by atoms with Crippen molar-refractivity contribution < 1.29 is 4.79 Å². The van der Waals surface area contributed by atoms with E-state index in [9.17, 15) is 4.79 Å². The van der Waals surface area contributed by atoms with Crippen LogP contribution in [0.15, 0.2) is 12.1 Å². The summed E-state index contributed by atoms with van der Waals surface area (Å²) in [5.74, 6) is 0.105. The fourth-order valence-electron chi connectivity index (χ4n) is 2.38. The molecule has 5 nitrogen and oxygen atoms in total. The van der Waals surface area contributed by atoms with Gasteiger partial charge in [-0.25, -0.2) is 0 Å². The first-order valence-electron chi connectivity index (χ1n) is 7.22. The van der Waals surface area contributed by atoms with Crippen molar-refractivity contribution in [2.75, 3.05) is 0 Å². The van der Waals surface area contributed by atoms with Crippen LogP contribution >= 0.6 is 0 Å². The van der Waals surface area contributed by atoms with Crippen molar-refractivity contribution in [1.29, 1.82) is 0 Å². The summed E-state index contributed by atoms with van der Waals surface area (Å²) in [6.07, 6.45) is 1.23. The molecular weight excluding hydrogens is 252 g/mol. The number of aromatic nitrogens is 4. The van der Waals surface area contributed by atoms with E-state index in [2.05, 4.69) is 10.2 Å². The normalized spacial score (nSPS) is 11.0. The van der Waals surface area contributed by atoms with Crippen molar-refractivity contribution in [3.05, 3.63) is 34.9 Å². The molecule has 0 fully saturated rings. The molecule has 2 rings (SSSR count). The second kappa shape index (κ2) is 6.03. The minimum absolute atomic E-state index is 0.105. The number of rotatable bonds is 6. The average molecular weight is 274 g/mol. The summed E-state index contributed by atoms with van der Waals surface area (Å²) in [4.78, 5) is 12.5. The van der Waals surface area contributed by atoms with Gasteiger partial charge in [0, 0.05) is 18.8 Å². The summed E-state index contributed by atoms with van der Waals surface area (Å²) in [6, 6.07) is 3.89. The number of carbonyl (C=O) groups is 1. The standard InChI is InChI=1S/C15H22N4O/c1-5-12-9-14(19(7-3)17-12)15(20)10-13-8-11(4)16-18(13)6-2/h8-9H,5-7,10H2,1-4H3. The molecule has 0 spiro atoms. The summed E-state index contributed by atoms with van der Waals surface area (Å²) >= 11 is 0. The number of aryl methyl sites for hydroxylation is 4. The first kappa shape index (κ1) is 14.5. The molecule has 0 atom stereocenters. The highest BCUT2D eigenvalue weighted by Gasteiger charge is 2.16. The monoisotopic (exact) mass is 274 g/mol. The SMILES string of the molecule is CCc1cc(C(=O)Cc2cc(C)nn2CC)n(CC)n1. The molecule has 2 aromatic heterocycles. The molecular formula is C15H22N4O. The molecule has 20 heavy (non-hydrogen) atoms. The Hall–Kier alpha value is -1.91. The topological polar surface area (TPSA) is 52.7 Å². The zero-order valence-electron chi connectivity index (χ0n) is 12.7. The summed E-state index contributed by atoms with van der Waals surface area (Å²) < 4.78 is 3.68. The minimum Gasteiger partial charge on any atom is -0.292 e. The second-order valence-electron chi connectivity index (χ2n) is 4.88. The smallest absolute Gasteiger partial charge is 0.186 e. The molecule has 0 aliphatic rings. The van der Waals surface area contributed by atoms with Crippen LogP contribution < -0.4 is 0 Å². The van der Waals surface area contributed by atoms with Crippen LogP contribution in [0.25, 0.3) is 0 Å². The van der Waals surface area contributed by atoms with E-state index in [-0.39, 0.29) is 5.78 Å². The van der Waals surface area contributed by atoms with Crippen molar-refractivity contribution in [3.8, 4) is 0 Å². The average Bonchev–Trinajstić information content (AvgIpc) is 3.01. The molecule has 0 aliphatic carbocycles. The molecule has 0 saturated heterocycles. The second-order valence-corrected chi connectivity index (χ2v) is 4.88. The van der Waals surface area contributed by atoms with Crippen LogP contribution in [0.5, 0.6) is 0 Å². The third-order valence-electron chi connectivity index (χ3n) is 3.40. The van der Waals surface area contributed by atoms with E-state index >= 15 is 0 Å². The van der Waals surface area contributed by atoms with Crippen molar-refractivity contribution in [2.24, 2.45) is 0 Å². The van der Waals surface area contributed by atoms with Crippen molar-refractivity contribution in [2.45, 2.75) is 53.6 Å². The zero-order valence-corrected chi connectivity index (χ0v) is 12.7. The minimum atomic E-state index is 0.105. The largest absolute Gasteiger partial charge is 0.292 e. The van der Waals surface area contributed by atoms with Gasteiger partial charge in [-0.3, -0.25) is 14.2 Å². The van der Waals surface area contributed by atoms with Crippen LogP contribution in [-0.2, 0) is 25.9 Å². The Bertz CT molecular complexity index is 609. The van der Waals surface area contributed by atoms with E-state index in [0.29, 0.717) is 18.7 Å². The first-order chi connectivity index (χ1) is 9.58. The quantitative estimate of drug-likeness (QED) is 0.760. The molecule has 2 aromatic rings. The summed E-state index contributed by atoms with van der Waals surface area (Å²) in [5, 5.41) is 8.81. The number of hydrogen-bond acceptors (Lipinski definition) is 3. The molecule has 0 amide bonds. The number of nitrogens with zero attached hydrogens (tertiary/aromatic N) is 4. The summed E-state index contributed by atoms with van der Waals surface area (Å²) in [7, 11) is 0. The van der Waals surface area contributed by atoms with Crippen LogP contribution in [0.1, 0.15) is 48.3 Å². The lowest BCUT2D eigenvalue weighted by atomic mass is 10.1. The highest BCUT2D eigenvalue weighted by atomic mass is 16.1. The van der Waals surface area contributed by atoms with Gasteiger partial charge in [-0.05, 0) is 39.3 Å². The molecule has 0 radical (unpaired) electrons. The van der Waals surface area contributed by atoms with Gasteiger partial charge in [0.2, 0.25) is 0 Å². The fraction of sp³-hybridized carbons (Fsp3) is 0.533. The van der Waals surface area contributed by atoms with E-state index in [1.54, 1.807) is 4.68 Å². The summed E-state index contributed by atoms with van der Waals surface area (Å²) in [6.45, 7) is 9.53. The van der Waals surface area contributed by atoms with E-state index in [4.69, 9.17) is 0 Å². The van der Waals surface area contributed by atoms with Gasteiger partial charge >= 0.3 is 0 Å². The zero-order chi connectivity index (χ0) is 14.7. The Kier molecular flexibility index (Phi) is 4.37. The van der Waals surface area contributed by atoms with E-state index in [1.807, 2.05) is 44.5 Å². The Balaban J connectivity index is 2.25. The van der Waals surface area contributed by atoms with Gasteiger partial charge in [0.1, 0.15) is 5.69 Å². The highest BCUT2D eigenvalue weighted by Crippen LogP contribution is 2.12. The summed E-state index contributed by atoms with van der Waals surface area (Å²) in [5.41, 5.74) is 3.59. The maximum absolute atomic E-state index is 12.5. The maximum Gasteiger partial charge on any atom is 0.186 e. The maximum atomic E-state index is 12.5. The Morgan fingerprint density at radius 2 is 1.80 bits per heavy atom. The van der Waals surface area contributed by atoms with E-state index < -0.39 is 0 Å². The number of Topliss-reactive ketones (excluding diaryl/α,β-unsaturated/α-hetero) is 1. The lowest BCUT2D eigenvalue weighted by molar-refractivity contribution is 0.0980. The van der Waals surface area contributed by atoms with Gasteiger partial charge in [-0.15, -0.1) is 0 Å². The fourth-order valence-corrected chi connectivity index (χ4v) is 2.38. The van der Waals surface area contributed by atoms with Crippen LogP contribution in [0.3, 0.4) is 0 Å². The Morgan fingerprint density at radius 3 is 2.40 bits per heavy atom. The number of ketones is 1. The van der Waals surface area contributed by atoms with Crippen molar-refractivity contribution in [1.82, 2.24) is 19.6 Å². The third kappa shape index (κ3) is 2.81. The molecule has 2 heterocycles. The molecule has 0 N–H and O–H groups in total. The molecule has 108 valence electrons. The van der Waals surface area contributed by atoms with Gasteiger partial charge < -0.3 is 0 Å². The lowest BCUT2D eigenvalue weighted by Gasteiger charge is -2.05. The highest BCUT2D eigenvalue weighted by molar-refractivity contribution is 5.96. The predicted molar refractivity (Wildman–Crippen MR) is 78.0 cm³/mol. The van der Waals surface area contributed by atoms with Gasteiger partial charge in [0.15, 0.2) is 5.78 Å². The van der Waals surface area contributed by atoms with Gasteiger partial charge in [0.05, 0.1) is 17.8 Å². The van der Waals surface area contributed by atoms with Gasteiger partial charge in [-0.1, -0.05) is 6.92 Å². The van der Waals surface area contributed by atoms with Gasteiger partial charge in [-0.2, -0.15) is 10.2 Å². The van der Waals surface area contributed by atoms with E-state index in [1.165, 1.54) is 0 Å². The van der Waals surface area contributed by atoms with Crippen LogP contribution in [0, 0.1) is 6.92 Å². The molecule has 0 aliphatic heterocycles. The van der Waals surface area contributed by atoms with Crippen molar-refractivity contribution in [3.63, 3.8) is 0 Å². The van der Waals surface area contributed by atoms with Crippen LogP contribution in [-0.4, -0.2) is 25.3 Å². The number of hydrogen-bond donors (Lipinski definition) is 0. The van der Waals surface area contributed by atoms with E-state index in [0.717, 1.165) is 30.0 Å². The molecule has 0 bridgehead atoms. The number of carbonyl (C=O) groups excluding carboxylic acids is 1. The Morgan fingerprint density at radius 1 is 1.10 bits per heavy atom. The van der Waals surface area contributed by atoms with Crippen LogP contribution in [0.2, 0.25) is 0 Å².